The Labute approximate surface area is 169 Å². The number of benzene rings is 3. The summed E-state index contributed by atoms with van der Waals surface area (Å²) in [5.41, 5.74) is 3.21. The molecule has 1 heterocycles. The van der Waals surface area contributed by atoms with E-state index in [2.05, 4.69) is 0 Å². The van der Waals surface area contributed by atoms with Gasteiger partial charge < -0.3 is 14.2 Å². The summed E-state index contributed by atoms with van der Waals surface area (Å²) >= 11 is 0. The third kappa shape index (κ3) is 3.74. The standard InChI is InChI=1S/C25H20O4/c26-21-13-19(12-20(14-21)18-8-11-24-25(15-18)28-16-27-24)17-6-9-23(10-7-17)29-22-4-2-1-3-5-22/h1-11,13,15,20H,12,14,16H2/t20-/m1/s1. The molecule has 0 amide bonds. The minimum Gasteiger partial charge on any atom is -0.457 e. The van der Waals surface area contributed by atoms with Crippen LogP contribution in [0.15, 0.2) is 78.9 Å². The third-order valence-electron chi connectivity index (χ3n) is 5.32. The zero-order valence-electron chi connectivity index (χ0n) is 15.8. The highest BCUT2D eigenvalue weighted by Crippen LogP contribution is 2.40. The van der Waals surface area contributed by atoms with Crippen molar-refractivity contribution in [1.82, 2.24) is 0 Å². The van der Waals surface area contributed by atoms with Crippen molar-refractivity contribution in [1.29, 1.82) is 0 Å². The first-order chi connectivity index (χ1) is 14.2. The second kappa shape index (κ2) is 7.47. The minimum atomic E-state index is 0.136. The summed E-state index contributed by atoms with van der Waals surface area (Å²) in [6.07, 6.45) is 3.10. The van der Waals surface area contributed by atoms with E-state index in [-0.39, 0.29) is 18.5 Å². The van der Waals surface area contributed by atoms with Gasteiger partial charge in [0.25, 0.3) is 0 Å². The summed E-state index contributed by atoms with van der Waals surface area (Å²) in [5.74, 6) is 3.38. The van der Waals surface area contributed by atoms with Crippen LogP contribution >= 0.6 is 0 Å². The Morgan fingerprint density at radius 3 is 2.38 bits per heavy atom. The molecule has 3 aromatic carbocycles. The van der Waals surface area contributed by atoms with E-state index in [4.69, 9.17) is 14.2 Å². The molecule has 0 radical (unpaired) electrons. The smallest absolute Gasteiger partial charge is 0.231 e. The Balaban J connectivity index is 1.34. The first-order valence-corrected chi connectivity index (χ1v) is 9.71. The molecule has 1 aliphatic carbocycles. The lowest BCUT2D eigenvalue weighted by Gasteiger charge is -2.23. The van der Waals surface area contributed by atoms with Crippen LogP contribution in [0.4, 0.5) is 0 Å². The van der Waals surface area contributed by atoms with Gasteiger partial charge in [-0.25, -0.2) is 0 Å². The molecule has 5 rings (SSSR count). The van der Waals surface area contributed by atoms with Gasteiger partial charge in [0, 0.05) is 6.42 Å². The number of ether oxygens (including phenoxy) is 3. The molecule has 0 aromatic heterocycles. The van der Waals surface area contributed by atoms with E-state index in [1.165, 1.54) is 0 Å². The van der Waals surface area contributed by atoms with Crippen LogP contribution in [0.2, 0.25) is 0 Å². The first-order valence-electron chi connectivity index (χ1n) is 9.71. The lowest BCUT2D eigenvalue weighted by atomic mass is 9.81. The minimum absolute atomic E-state index is 0.136. The topological polar surface area (TPSA) is 44.8 Å². The molecule has 0 fully saturated rings. The van der Waals surface area contributed by atoms with E-state index in [1.54, 1.807) is 6.08 Å². The van der Waals surface area contributed by atoms with Gasteiger partial charge in [0.1, 0.15) is 11.5 Å². The van der Waals surface area contributed by atoms with Crippen LogP contribution in [0.1, 0.15) is 29.9 Å². The molecule has 4 heteroatoms. The molecule has 0 saturated carbocycles. The van der Waals surface area contributed by atoms with Gasteiger partial charge in [-0.3, -0.25) is 4.79 Å². The maximum absolute atomic E-state index is 12.4. The summed E-state index contributed by atoms with van der Waals surface area (Å²) in [6.45, 7) is 0.255. The van der Waals surface area contributed by atoms with Crippen LogP contribution in [0.3, 0.4) is 0 Å². The number of ketones is 1. The summed E-state index contributed by atoms with van der Waals surface area (Å²) in [5, 5.41) is 0. The molecule has 2 aliphatic rings. The van der Waals surface area contributed by atoms with Crippen LogP contribution in [-0.4, -0.2) is 12.6 Å². The molecule has 0 unspecified atom stereocenters. The zero-order chi connectivity index (χ0) is 19.6. The van der Waals surface area contributed by atoms with Crippen molar-refractivity contribution >= 4 is 11.4 Å². The number of carbonyl (C=O) groups is 1. The number of hydrogen-bond donors (Lipinski definition) is 0. The van der Waals surface area contributed by atoms with Gasteiger partial charge in [-0.2, -0.15) is 0 Å². The highest BCUT2D eigenvalue weighted by molar-refractivity contribution is 5.99. The number of fused-ring (bicyclic) bond motifs is 1. The molecule has 0 bridgehead atoms. The number of para-hydroxylation sites is 1. The van der Waals surface area contributed by atoms with Crippen molar-refractivity contribution in [3.63, 3.8) is 0 Å². The van der Waals surface area contributed by atoms with Crippen LogP contribution in [0.5, 0.6) is 23.0 Å². The van der Waals surface area contributed by atoms with E-state index in [1.807, 2.05) is 72.8 Å². The molecule has 0 spiro atoms. The summed E-state index contributed by atoms with van der Waals surface area (Å²) in [7, 11) is 0. The summed E-state index contributed by atoms with van der Waals surface area (Å²) in [6, 6.07) is 23.6. The Hall–Kier alpha value is -3.53. The average molecular weight is 384 g/mol. The highest BCUT2D eigenvalue weighted by atomic mass is 16.7. The normalized spacial score (nSPS) is 17.7. The first kappa shape index (κ1) is 17.6. The molecule has 1 aliphatic heterocycles. The Kier molecular flexibility index (Phi) is 4.53. The molecule has 3 aromatic rings. The Morgan fingerprint density at radius 1 is 0.793 bits per heavy atom. The maximum Gasteiger partial charge on any atom is 0.231 e. The van der Waals surface area contributed by atoms with E-state index in [0.717, 1.165) is 46.1 Å². The number of carbonyl (C=O) groups excluding carboxylic acids is 1. The van der Waals surface area contributed by atoms with E-state index >= 15 is 0 Å². The molecule has 1 atom stereocenters. The fourth-order valence-corrected chi connectivity index (χ4v) is 3.86. The van der Waals surface area contributed by atoms with Crippen LogP contribution in [0, 0.1) is 0 Å². The van der Waals surface area contributed by atoms with Gasteiger partial charge in [0.2, 0.25) is 6.79 Å². The average Bonchev–Trinajstić information content (AvgIpc) is 3.22. The monoisotopic (exact) mass is 384 g/mol. The second-order valence-electron chi connectivity index (χ2n) is 7.29. The number of rotatable bonds is 4. The molecule has 0 saturated heterocycles. The third-order valence-corrected chi connectivity index (χ3v) is 5.32. The van der Waals surface area contributed by atoms with Crippen LogP contribution in [-0.2, 0) is 4.79 Å². The van der Waals surface area contributed by atoms with Gasteiger partial charge in [-0.05, 0) is 71.5 Å². The van der Waals surface area contributed by atoms with Crippen molar-refractivity contribution in [2.75, 3.05) is 6.79 Å². The van der Waals surface area contributed by atoms with Crippen molar-refractivity contribution in [2.45, 2.75) is 18.8 Å². The molecular weight excluding hydrogens is 364 g/mol. The van der Waals surface area contributed by atoms with Gasteiger partial charge in [0.05, 0.1) is 0 Å². The van der Waals surface area contributed by atoms with Crippen LogP contribution in [0.25, 0.3) is 5.57 Å². The summed E-state index contributed by atoms with van der Waals surface area (Å²) < 4.78 is 16.8. The lowest BCUT2D eigenvalue weighted by Crippen LogP contribution is -2.12. The molecule has 144 valence electrons. The maximum atomic E-state index is 12.4. The van der Waals surface area contributed by atoms with Crippen molar-refractivity contribution in [2.24, 2.45) is 0 Å². The quantitative estimate of drug-likeness (QED) is 0.576. The SMILES string of the molecule is O=C1C=C(c2ccc(Oc3ccccc3)cc2)C[C@@H](c2ccc3c(c2)OCO3)C1. The molecule has 0 N–H and O–H groups in total. The zero-order valence-corrected chi connectivity index (χ0v) is 15.8. The molecule has 4 nitrogen and oxygen atoms in total. The predicted octanol–water partition coefficient (Wildman–Crippen LogP) is 5.74. The van der Waals surface area contributed by atoms with Gasteiger partial charge in [-0.1, -0.05) is 36.4 Å². The second-order valence-corrected chi connectivity index (χ2v) is 7.29. The fraction of sp³-hybridized carbons (Fsp3) is 0.160. The van der Waals surface area contributed by atoms with E-state index in [0.29, 0.717) is 6.42 Å². The molecular formula is C25H20O4. The largest absolute Gasteiger partial charge is 0.457 e. The summed E-state index contributed by atoms with van der Waals surface area (Å²) in [4.78, 5) is 12.4. The highest BCUT2D eigenvalue weighted by Gasteiger charge is 2.25. The lowest BCUT2D eigenvalue weighted by molar-refractivity contribution is -0.115. The fourth-order valence-electron chi connectivity index (χ4n) is 3.86. The van der Waals surface area contributed by atoms with Crippen molar-refractivity contribution in [3.05, 3.63) is 90.0 Å². The van der Waals surface area contributed by atoms with E-state index < -0.39 is 0 Å². The number of hydrogen-bond acceptors (Lipinski definition) is 4. The Bertz CT molecular complexity index is 1070. The van der Waals surface area contributed by atoms with Crippen LogP contribution < -0.4 is 14.2 Å². The van der Waals surface area contributed by atoms with Gasteiger partial charge in [0.15, 0.2) is 17.3 Å². The Morgan fingerprint density at radius 2 is 1.55 bits per heavy atom. The van der Waals surface area contributed by atoms with Crippen molar-refractivity contribution < 1.29 is 19.0 Å². The van der Waals surface area contributed by atoms with Crippen molar-refractivity contribution in [3.8, 4) is 23.0 Å². The van der Waals surface area contributed by atoms with Gasteiger partial charge in [-0.15, -0.1) is 0 Å². The predicted molar refractivity (Wildman–Crippen MR) is 110 cm³/mol. The number of allylic oxidation sites excluding steroid dienone is 2. The molecule has 29 heavy (non-hydrogen) atoms. The van der Waals surface area contributed by atoms with E-state index in [9.17, 15) is 4.79 Å². The van der Waals surface area contributed by atoms with Gasteiger partial charge >= 0.3 is 0 Å².